The fourth-order valence-electron chi connectivity index (χ4n) is 2.72. The SMILES string of the molecule is CCCCCOc1cc(OC(=O)O)c(O)c(OCCCCC)c1OCCCCC. The fourth-order valence-corrected chi connectivity index (χ4v) is 2.72. The first-order valence-electron chi connectivity index (χ1n) is 10.7. The molecule has 0 saturated heterocycles. The first-order chi connectivity index (χ1) is 14.0. The van der Waals surface area contributed by atoms with E-state index in [0.717, 1.165) is 57.8 Å². The predicted octanol–water partition coefficient (Wildman–Crippen LogP) is 6.16. The summed E-state index contributed by atoms with van der Waals surface area (Å²) < 4.78 is 22.3. The van der Waals surface area contributed by atoms with Crippen molar-refractivity contribution >= 4 is 6.16 Å². The monoisotopic (exact) mass is 412 g/mol. The number of aromatic hydroxyl groups is 1. The van der Waals surface area contributed by atoms with Gasteiger partial charge in [0.05, 0.1) is 19.8 Å². The van der Waals surface area contributed by atoms with Crippen molar-refractivity contribution in [3.8, 4) is 28.7 Å². The number of unbranched alkanes of at least 4 members (excludes halogenated alkanes) is 6. The molecule has 1 aromatic rings. The molecule has 0 radical (unpaired) electrons. The molecule has 0 amide bonds. The van der Waals surface area contributed by atoms with Gasteiger partial charge in [0.2, 0.25) is 17.2 Å². The summed E-state index contributed by atoms with van der Waals surface area (Å²) in [4.78, 5) is 11.0. The molecule has 166 valence electrons. The topological polar surface area (TPSA) is 94.5 Å². The van der Waals surface area contributed by atoms with Crippen LogP contribution in [0.4, 0.5) is 4.79 Å². The average Bonchev–Trinajstić information content (AvgIpc) is 2.69. The Labute approximate surface area is 173 Å². The minimum Gasteiger partial charge on any atom is -0.502 e. The van der Waals surface area contributed by atoms with E-state index in [1.54, 1.807) is 0 Å². The van der Waals surface area contributed by atoms with Crippen LogP contribution in [-0.2, 0) is 0 Å². The lowest BCUT2D eigenvalue weighted by atomic mass is 10.2. The number of carboxylic acid groups (broad SMARTS) is 1. The number of hydrogen-bond acceptors (Lipinski definition) is 6. The lowest BCUT2D eigenvalue weighted by Gasteiger charge is -2.19. The molecule has 29 heavy (non-hydrogen) atoms. The summed E-state index contributed by atoms with van der Waals surface area (Å²) in [5, 5.41) is 19.6. The van der Waals surface area contributed by atoms with Crippen LogP contribution in [0.25, 0.3) is 0 Å². The molecule has 7 nitrogen and oxygen atoms in total. The molecule has 0 aliphatic rings. The highest BCUT2D eigenvalue weighted by atomic mass is 16.7. The van der Waals surface area contributed by atoms with Crippen molar-refractivity contribution in [3.63, 3.8) is 0 Å². The van der Waals surface area contributed by atoms with E-state index >= 15 is 0 Å². The highest BCUT2D eigenvalue weighted by Crippen LogP contribution is 2.50. The van der Waals surface area contributed by atoms with Gasteiger partial charge in [-0.3, -0.25) is 0 Å². The molecule has 0 aliphatic heterocycles. The van der Waals surface area contributed by atoms with Crippen LogP contribution in [0, 0.1) is 0 Å². The average molecular weight is 413 g/mol. The minimum atomic E-state index is -1.52. The number of phenols is 1. The molecule has 1 aromatic carbocycles. The Morgan fingerprint density at radius 3 is 1.72 bits per heavy atom. The van der Waals surface area contributed by atoms with Crippen molar-refractivity contribution < 1.29 is 34.0 Å². The maximum absolute atomic E-state index is 11.0. The summed E-state index contributed by atoms with van der Waals surface area (Å²) in [6.07, 6.45) is 7.16. The molecular weight excluding hydrogens is 376 g/mol. The van der Waals surface area contributed by atoms with E-state index in [-0.39, 0.29) is 11.5 Å². The molecule has 0 heterocycles. The summed E-state index contributed by atoms with van der Waals surface area (Å²) in [7, 11) is 0. The van der Waals surface area contributed by atoms with Crippen LogP contribution in [0.5, 0.6) is 28.7 Å². The van der Waals surface area contributed by atoms with Gasteiger partial charge in [-0.2, -0.15) is 0 Å². The maximum Gasteiger partial charge on any atom is 0.511 e. The van der Waals surface area contributed by atoms with E-state index in [2.05, 4.69) is 20.8 Å². The van der Waals surface area contributed by atoms with Gasteiger partial charge < -0.3 is 29.2 Å². The van der Waals surface area contributed by atoms with Crippen molar-refractivity contribution in [3.05, 3.63) is 6.07 Å². The zero-order valence-electron chi connectivity index (χ0n) is 18.0. The van der Waals surface area contributed by atoms with Crippen molar-refractivity contribution in [1.82, 2.24) is 0 Å². The van der Waals surface area contributed by atoms with Gasteiger partial charge in [-0.05, 0) is 19.3 Å². The number of benzene rings is 1. The Kier molecular flexibility index (Phi) is 12.5. The van der Waals surface area contributed by atoms with Gasteiger partial charge in [-0.15, -0.1) is 0 Å². The molecule has 0 atom stereocenters. The molecule has 2 N–H and O–H groups in total. The molecule has 0 fully saturated rings. The Morgan fingerprint density at radius 1 is 0.759 bits per heavy atom. The molecule has 1 rings (SSSR count). The van der Waals surface area contributed by atoms with Crippen LogP contribution in [0.1, 0.15) is 78.6 Å². The predicted molar refractivity (Wildman–Crippen MR) is 112 cm³/mol. The lowest BCUT2D eigenvalue weighted by Crippen LogP contribution is -2.09. The molecule has 0 unspecified atom stereocenters. The van der Waals surface area contributed by atoms with Gasteiger partial charge in [-0.1, -0.05) is 59.3 Å². The third-order valence-corrected chi connectivity index (χ3v) is 4.33. The van der Waals surface area contributed by atoms with Gasteiger partial charge in [0.1, 0.15) is 0 Å². The second-order valence-electron chi connectivity index (χ2n) is 6.91. The second-order valence-corrected chi connectivity index (χ2v) is 6.91. The Hall–Kier alpha value is -2.31. The molecule has 7 heteroatoms. The molecule has 0 aromatic heterocycles. The number of rotatable bonds is 16. The third kappa shape index (κ3) is 9.15. The number of carbonyl (C=O) groups is 1. The van der Waals surface area contributed by atoms with Crippen LogP contribution >= 0.6 is 0 Å². The summed E-state index contributed by atoms with van der Waals surface area (Å²) in [5.74, 6) is 0.0630. The normalized spacial score (nSPS) is 10.6. The molecular formula is C22H36O7. The van der Waals surface area contributed by atoms with E-state index in [9.17, 15) is 9.90 Å². The van der Waals surface area contributed by atoms with E-state index in [1.165, 1.54) is 6.07 Å². The molecule has 0 bridgehead atoms. The van der Waals surface area contributed by atoms with E-state index in [0.29, 0.717) is 31.3 Å². The zero-order chi connectivity index (χ0) is 21.5. The van der Waals surface area contributed by atoms with E-state index < -0.39 is 11.9 Å². The first-order valence-corrected chi connectivity index (χ1v) is 10.7. The van der Waals surface area contributed by atoms with Crippen molar-refractivity contribution in [2.75, 3.05) is 19.8 Å². The largest absolute Gasteiger partial charge is 0.511 e. The maximum atomic E-state index is 11.0. The zero-order valence-corrected chi connectivity index (χ0v) is 18.0. The summed E-state index contributed by atoms with van der Waals surface area (Å²) in [6, 6.07) is 1.35. The summed E-state index contributed by atoms with van der Waals surface area (Å²) >= 11 is 0. The van der Waals surface area contributed by atoms with Crippen LogP contribution in [0.2, 0.25) is 0 Å². The van der Waals surface area contributed by atoms with Crippen LogP contribution in [-0.4, -0.2) is 36.2 Å². The smallest absolute Gasteiger partial charge is 0.502 e. The van der Waals surface area contributed by atoms with Crippen LogP contribution < -0.4 is 18.9 Å². The van der Waals surface area contributed by atoms with Gasteiger partial charge in [0, 0.05) is 6.07 Å². The van der Waals surface area contributed by atoms with Gasteiger partial charge in [0.15, 0.2) is 11.5 Å². The molecule has 0 aliphatic carbocycles. The lowest BCUT2D eigenvalue weighted by molar-refractivity contribution is 0.141. The van der Waals surface area contributed by atoms with Crippen molar-refractivity contribution in [1.29, 1.82) is 0 Å². The van der Waals surface area contributed by atoms with Gasteiger partial charge >= 0.3 is 6.16 Å². The Morgan fingerprint density at radius 2 is 1.24 bits per heavy atom. The number of hydrogen-bond donors (Lipinski definition) is 2. The third-order valence-electron chi connectivity index (χ3n) is 4.33. The Bertz CT molecular complexity index is 601. The number of phenolic OH excluding ortho intramolecular Hbond substituents is 1. The first kappa shape index (κ1) is 24.7. The van der Waals surface area contributed by atoms with E-state index in [4.69, 9.17) is 24.1 Å². The molecule has 0 spiro atoms. The highest BCUT2D eigenvalue weighted by molar-refractivity contribution is 5.70. The Balaban J connectivity index is 3.16. The molecule has 0 saturated carbocycles. The standard InChI is InChI=1S/C22H36O7/c1-4-7-10-13-26-18-16-17(29-22(24)25)19(23)21(28-15-12-9-6-3)20(18)27-14-11-8-5-2/h16,23H,4-15H2,1-3H3,(H,24,25). The van der Waals surface area contributed by atoms with Crippen molar-refractivity contribution in [2.45, 2.75) is 78.6 Å². The van der Waals surface area contributed by atoms with Crippen molar-refractivity contribution in [2.24, 2.45) is 0 Å². The fraction of sp³-hybridized carbons (Fsp3) is 0.682. The van der Waals surface area contributed by atoms with Crippen LogP contribution in [0.3, 0.4) is 0 Å². The number of ether oxygens (including phenoxy) is 4. The van der Waals surface area contributed by atoms with E-state index in [1.807, 2.05) is 0 Å². The quantitative estimate of drug-likeness (QED) is 0.191. The summed E-state index contributed by atoms with van der Waals surface area (Å²) in [6.45, 7) is 7.56. The van der Waals surface area contributed by atoms with Crippen LogP contribution in [0.15, 0.2) is 6.07 Å². The minimum absolute atomic E-state index is 0.0712. The summed E-state index contributed by atoms with van der Waals surface area (Å²) in [5.41, 5.74) is 0. The second kappa shape index (κ2) is 14.7. The van der Waals surface area contributed by atoms with Gasteiger partial charge in [-0.25, -0.2) is 4.79 Å². The highest BCUT2D eigenvalue weighted by Gasteiger charge is 2.24. The van der Waals surface area contributed by atoms with Gasteiger partial charge in [0.25, 0.3) is 0 Å².